The third-order valence-electron chi connectivity index (χ3n) is 4.25. The molecule has 2 rings (SSSR count). The number of benzene rings is 1. The van der Waals surface area contributed by atoms with E-state index in [1.165, 1.54) is 5.56 Å². The van der Waals surface area contributed by atoms with Gasteiger partial charge >= 0.3 is 6.09 Å². The zero-order chi connectivity index (χ0) is 14.4. The molecule has 0 radical (unpaired) electrons. The summed E-state index contributed by atoms with van der Waals surface area (Å²) in [6.07, 6.45) is -0.166. The van der Waals surface area contributed by atoms with Gasteiger partial charge in [-0.05, 0) is 13.8 Å². The standard InChI is InChI=1S/C16H25N2O2.ClH/c1-3-18(14-15-8-6-5-7-9-15)12-10-17(11-13-18)16(19)20-4-2;/h5-9H,3-4,10-14H2,1-2H3;1H/q+1;/p-1. The highest BCUT2D eigenvalue weighted by Gasteiger charge is 2.33. The van der Waals surface area contributed by atoms with Gasteiger partial charge in [-0.15, -0.1) is 0 Å². The van der Waals surface area contributed by atoms with Crippen molar-refractivity contribution < 1.29 is 26.4 Å². The molecule has 1 aromatic rings. The number of piperazine rings is 1. The van der Waals surface area contributed by atoms with E-state index in [0.29, 0.717) is 6.61 Å². The van der Waals surface area contributed by atoms with Crippen molar-refractivity contribution in [1.29, 1.82) is 0 Å². The lowest BCUT2D eigenvalue weighted by atomic mass is 10.1. The maximum Gasteiger partial charge on any atom is 0.410 e. The molecule has 5 heteroatoms. The van der Waals surface area contributed by atoms with Crippen LogP contribution in [0.25, 0.3) is 0 Å². The number of amides is 1. The first-order chi connectivity index (χ1) is 9.69. The van der Waals surface area contributed by atoms with Crippen molar-refractivity contribution >= 4 is 6.09 Å². The van der Waals surface area contributed by atoms with E-state index in [-0.39, 0.29) is 18.5 Å². The minimum absolute atomic E-state index is 0. The predicted molar refractivity (Wildman–Crippen MR) is 79.3 cm³/mol. The van der Waals surface area contributed by atoms with Crippen molar-refractivity contribution in [3.05, 3.63) is 35.9 Å². The first kappa shape index (κ1) is 17.8. The number of quaternary nitrogens is 1. The monoisotopic (exact) mass is 312 g/mol. The van der Waals surface area contributed by atoms with Gasteiger partial charge in [0.1, 0.15) is 6.54 Å². The molecule has 21 heavy (non-hydrogen) atoms. The number of nitrogens with zero attached hydrogens (tertiary/aromatic N) is 2. The summed E-state index contributed by atoms with van der Waals surface area (Å²) in [7, 11) is 0. The number of hydrogen-bond acceptors (Lipinski definition) is 2. The molecule has 4 nitrogen and oxygen atoms in total. The first-order valence-corrected chi connectivity index (χ1v) is 7.50. The summed E-state index contributed by atoms with van der Waals surface area (Å²) in [6, 6.07) is 10.6. The Hall–Kier alpha value is -1.26. The number of likely N-dealkylation sites (N-methyl/N-ethyl adjacent to an activating group) is 1. The van der Waals surface area contributed by atoms with Gasteiger partial charge in [-0.3, -0.25) is 4.90 Å². The van der Waals surface area contributed by atoms with E-state index in [0.717, 1.165) is 43.8 Å². The summed E-state index contributed by atoms with van der Waals surface area (Å²) < 4.78 is 6.14. The van der Waals surface area contributed by atoms with Gasteiger partial charge in [0.25, 0.3) is 0 Å². The Bertz CT molecular complexity index is 431. The number of halogens is 1. The second kappa shape index (κ2) is 8.25. The molecule has 1 aromatic carbocycles. The molecule has 1 aliphatic heterocycles. The average Bonchev–Trinajstić information content (AvgIpc) is 2.49. The molecule has 1 saturated heterocycles. The molecule has 118 valence electrons. The summed E-state index contributed by atoms with van der Waals surface area (Å²) in [6.45, 7) is 10.3. The smallest absolute Gasteiger partial charge is 0.410 e. The zero-order valence-corrected chi connectivity index (χ0v) is 13.7. The van der Waals surface area contributed by atoms with Gasteiger partial charge in [0.15, 0.2) is 0 Å². The Labute approximate surface area is 133 Å². The molecular formula is C16H25ClN2O2. The van der Waals surface area contributed by atoms with Gasteiger partial charge in [0.05, 0.1) is 39.3 Å². The molecule has 0 spiro atoms. The third-order valence-corrected chi connectivity index (χ3v) is 4.25. The number of hydrogen-bond donors (Lipinski definition) is 0. The first-order valence-electron chi connectivity index (χ1n) is 7.50. The summed E-state index contributed by atoms with van der Waals surface area (Å²) in [4.78, 5) is 13.6. The van der Waals surface area contributed by atoms with E-state index < -0.39 is 0 Å². The molecule has 0 atom stereocenters. The Kier molecular flexibility index (Phi) is 6.99. The van der Waals surface area contributed by atoms with E-state index in [9.17, 15) is 4.79 Å². The van der Waals surface area contributed by atoms with Crippen molar-refractivity contribution in [2.75, 3.05) is 39.3 Å². The van der Waals surface area contributed by atoms with Crippen molar-refractivity contribution in [1.82, 2.24) is 4.90 Å². The minimum atomic E-state index is -0.166. The van der Waals surface area contributed by atoms with Crippen LogP contribution >= 0.6 is 0 Å². The van der Waals surface area contributed by atoms with Crippen LogP contribution in [0.3, 0.4) is 0 Å². The van der Waals surface area contributed by atoms with E-state index >= 15 is 0 Å². The third kappa shape index (κ3) is 4.61. The second-order valence-corrected chi connectivity index (χ2v) is 5.43. The summed E-state index contributed by atoms with van der Waals surface area (Å²) in [5.41, 5.74) is 1.37. The highest BCUT2D eigenvalue weighted by atomic mass is 35.5. The van der Waals surface area contributed by atoms with Crippen molar-refractivity contribution in [2.45, 2.75) is 20.4 Å². The average molecular weight is 313 g/mol. The number of carbonyl (C=O) groups is 1. The fourth-order valence-electron chi connectivity index (χ4n) is 2.84. The number of carbonyl (C=O) groups excluding carboxylic acids is 1. The van der Waals surface area contributed by atoms with Crippen LogP contribution in [0.4, 0.5) is 4.79 Å². The summed E-state index contributed by atoms with van der Waals surface area (Å²) >= 11 is 0. The van der Waals surface area contributed by atoms with Crippen LogP contribution in [0.5, 0.6) is 0 Å². The van der Waals surface area contributed by atoms with Crippen molar-refractivity contribution in [2.24, 2.45) is 0 Å². The molecule has 1 aliphatic rings. The molecular weight excluding hydrogens is 288 g/mol. The molecule has 0 aromatic heterocycles. The van der Waals surface area contributed by atoms with E-state index in [4.69, 9.17) is 4.74 Å². The molecule has 1 fully saturated rings. The summed E-state index contributed by atoms with van der Waals surface area (Å²) in [5, 5.41) is 0. The van der Waals surface area contributed by atoms with Gasteiger partial charge in [-0.25, -0.2) is 4.79 Å². The topological polar surface area (TPSA) is 29.5 Å². The van der Waals surface area contributed by atoms with Gasteiger partial charge in [0, 0.05) is 5.56 Å². The quantitative estimate of drug-likeness (QED) is 0.702. The van der Waals surface area contributed by atoms with E-state index in [1.54, 1.807) is 0 Å². The van der Waals surface area contributed by atoms with Gasteiger partial charge < -0.3 is 21.6 Å². The lowest BCUT2D eigenvalue weighted by Crippen LogP contribution is -3.00. The largest absolute Gasteiger partial charge is 1.00 e. The SMILES string of the molecule is CCOC(=O)N1CC[N+](CC)(Cc2ccccc2)CC1.[Cl-]. The zero-order valence-electron chi connectivity index (χ0n) is 12.9. The molecule has 1 amide bonds. The molecule has 0 bridgehead atoms. The molecule has 0 aliphatic carbocycles. The minimum Gasteiger partial charge on any atom is -1.00 e. The van der Waals surface area contributed by atoms with Gasteiger partial charge in [-0.2, -0.15) is 0 Å². The van der Waals surface area contributed by atoms with Crippen LogP contribution in [0, 0.1) is 0 Å². The fourth-order valence-corrected chi connectivity index (χ4v) is 2.84. The maximum atomic E-state index is 11.8. The van der Waals surface area contributed by atoms with E-state index in [1.807, 2.05) is 11.8 Å². The molecule has 0 saturated carbocycles. The van der Waals surface area contributed by atoms with Gasteiger partial charge in [0.2, 0.25) is 0 Å². The lowest BCUT2D eigenvalue weighted by Gasteiger charge is -2.44. The van der Waals surface area contributed by atoms with Crippen LogP contribution in [0.2, 0.25) is 0 Å². The number of ether oxygens (including phenoxy) is 1. The van der Waals surface area contributed by atoms with Crippen LogP contribution in [-0.4, -0.2) is 54.8 Å². The highest BCUT2D eigenvalue weighted by molar-refractivity contribution is 5.67. The van der Waals surface area contributed by atoms with Crippen molar-refractivity contribution in [3.8, 4) is 0 Å². The van der Waals surface area contributed by atoms with Crippen molar-refractivity contribution in [3.63, 3.8) is 0 Å². The van der Waals surface area contributed by atoms with Gasteiger partial charge in [-0.1, -0.05) is 30.3 Å². The molecule has 0 unspecified atom stereocenters. The Morgan fingerprint density at radius 1 is 1.19 bits per heavy atom. The predicted octanol–water partition coefficient (Wildman–Crippen LogP) is -0.501. The fraction of sp³-hybridized carbons (Fsp3) is 0.562. The lowest BCUT2D eigenvalue weighted by molar-refractivity contribution is -0.942. The van der Waals surface area contributed by atoms with Crippen LogP contribution in [0.15, 0.2) is 30.3 Å². The van der Waals surface area contributed by atoms with Crippen LogP contribution in [0.1, 0.15) is 19.4 Å². The number of rotatable bonds is 4. The highest BCUT2D eigenvalue weighted by Crippen LogP contribution is 2.18. The molecule has 0 N–H and O–H groups in total. The Morgan fingerprint density at radius 3 is 2.33 bits per heavy atom. The van der Waals surface area contributed by atoms with Crippen LogP contribution < -0.4 is 12.4 Å². The Morgan fingerprint density at radius 2 is 1.81 bits per heavy atom. The normalized spacial score (nSPS) is 17.0. The summed E-state index contributed by atoms with van der Waals surface area (Å²) in [5.74, 6) is 0. The van der Waals surface area contributed by atoms with Crippen LogP contribution in [-0.2, 0) is 11.3 Å². The second-order valence-electron chi connectivity index (χ2n) is 5.43. The van der Waals surface area contributed by atoms with E-state index in [2.05, 4.69) is 37.3 Å². The molecule has 1 heterocycles. The maximum absolute atomic E-state index is 11.8. The Balaban J connectivity index is 0.00000220.